The maximum atomic E-state index is 12.2. The molecule has 25 heavy (non-hydrogen) atoms. The topological polar surface area (TPSA) is 92.0 Å². The van der Waals surface area contributed by atoms with Gasteiger partial charge in [0.25, 0.3) is 0 Å². The first kappa shape index (κ1) is 19.3. The number of carbonyl (C=O) groups is 2. The molecule has 0 spiro atoms. The van der Waals surface area contributed by atoms with Gasteiger partial charge in [-0.2, -0.15) is 0 Å². The fraction of sp³-hybridized carbons (Fsp3) is 0.750. The Bertz CT molecular complexity index is 565. The van der Waals surface area contributed by atoms with Crippen LogP contribution < -0.4 is 0 Å². The third kappa shape index (κ3) is 5.50. The van der Waals surface area contributed by atoms with E-state index in [1.54, 1.807) is 9.80 Å². The van der Waals surface area contributed by atoms with Gasteiger partial charge in [-0.25, -0.2) is 4.63 Å². The summed E-state index contributed by atoms with van der Waals surface area (Å²) >= 11 is 0. The van der Waals surface area contributed by atoms with Crippen LogP contribution in [0.2, 0.25) is 0 Å². The van der Waals surface area contributed by atoms with Crippen molar-refractivity contribution in [1.82, 2.24) is 25.0 Å². The molecule has 0 bridgehead atoms. The van der Waals surface area contributed by atoms with Crippen molar-refractivity contribution >= 4 is 11.8 Å². The Morgan fingerprint density at radius 1 is 1.12 bits per heavy atom. The Labute approximate surface area is 147 Å². The first-order valence-electron chi connectivity index (χ1n) is 8.68. The van der Waals surface area contributed by atoms with E-state index in [0.717, 1.165) is 24.5 Å². The van der Waals surface area contributed by atoms with Gasteiger partial charge in [-0.3, -0.25) is 14.5 Å². The standard InChI is InChI=1S/C16H27N5O4/c1-4-20(5-2)15(22)11-24-12-16(23)21-8-6-19(7-9-21)10-14-13(3)17-25-18-14/h4-12H2,1-3H3. The number of hydrogen-bond donors (Lipinski definition) is 0. The highest BCUT2D eigenvalue weighted by atomic mass is 16.6. The van der Waals surface area contributed by atoms with Crippen molar-refractivity contribution < 1.29 is 19.0 Å². The highest BCUT2D eigenvalue weighted by Crippen LogP contribution is 2.09. The van der Waals surface area contributed by atoms with E-state index in [1.165, 1.54) is 0 Å². The molecular formula is C16H27N5O4. The third-order valence-corrected chi connectivity index (χ3v) is 4.41. The molecule has 0 unspecified atom stereocenters. The molecule has 1 aliphatic heterocycles. The zero-order valence-corrected chi connectivity index (χ0v) is 15.2. The molecular weight excluding hydrogens is 326 g/mol. The van der Waals surface area contributed by atoms with Crippen LogP contribution in [0.15, 0.2) is 4.63 Å². The highest BCUT2D eigenvalue weighted by molar-refractivity contribution is 5.79. The van der Waals surface area contributed by atoms with Gasteiger partial charge in [0.15, 0.2) is 0 Å². The number of piperazine rings is 1. The molecule has 0 saturated carbocycles. The Morgan fingerprint density at radius 2 is 1.80 bits per heavy atom. The summed E-state index contributed by atoms with van der Waals surface area (Å²) in [5, 5.41) is 7.66. The van der Waals surface area contributed by atoms with E-state index in [9.17, 15) is 9.59 Å². The van der Waals surface area contributed by atoms with Gasteiger partial charge in [0, 0.05) is 45.8 Å². The minimum absolute atomic E-state index is 0.0498. The van der Waals surface area contributed by atoms with E-state index < -0.39 is 0 Å². The van der Waals surface area contributed by atoms with Gasteiger partial charge in [0.2, 0.25) is 11.8 Å². The van der Waals surface area contributed by atoms with Crippen LogP contribution >= 0.6 is 0 Å². The van der Waals surface area contributed by atoms with Crippen LogP contribution in [-0.4, -0.2) is 89.3 Å². The van der Waals surface area contributed by atoms with E-state index in [2.05, 4.69) is 15.2 Å². The summed E-state index contributed by atoms with van der Waals surface area (Å²) in [6, 6.07) is 0. The fourth-order valence-electron chi connectivity index (χ4n) is 2.74. The van der Waals surface area contributed by atoms with Crippen LogP contribution in [0.1, 0.15) is 25.2 Å². The second kappa shape index (κ2) is 9.47. The molecule has 1 aromatic rings. The molecule has 140 valence electrons. The summed E-state index contributed by atoms with van der Waals surface area (Å²) < 4.78 is 10.0. The Morgan fingerprint density at radius 3 is 2.36 bits per heavy atom. The second-order valence-corrected chi connectivity index (χ2v) is 6.01. The lowest BCUT2D eigenvalue weighted by Gasteiger charge is -2.34. The second-order valence-electron chi connectivity index (χ2n) is 6.01. The van der Waals surface area contributed by atoms with Crippen molar-refractivity contribution in [3.05, 3.63) is 11.4 Å². The number of amides is 2. The lowest BCUT2D eigenvalue weighted by molar-refractivity contribution is -0.142. The van der Waals surface area contributed by atoms with Gasteiger partial charge in [-0.15, -0.1) is 0 Å². The van der Waals surface area contributed by atoms with E-state index in [1.807, 2.05) is 20.8 Å². The van der Waals surface area contributed by atoms with Crippen LogP contribution in [0.3, 0.4) is 0 Å². The Hall–Kier alpha value is -2.00. The number of likely N-dealkylation sites (N-methyl/N-ethyl adjacent to an activating group) is 1. The van der Waals surface area contributed by atoms with E-state index in [0.29, 0.717) is 32.7 Å². The van der Waals surface area contributed by atoms with Crippen LogP contribution in [0, 0.1) is 6.92 Å². The van der Waals surface area contributed by atoms with Crippen molar-refractivity contribution in [3.63, 3.8) is 0 Å². The highest BCUT2D eigenvalue weighted by Gasteiger charge is 2.22. The SMILES string of the molecule is CCN(CC)C(=O)COCC(=O)N1CCN(Cc2nonc2C)CC1. The van der Waals surface area contributed by atoms with Crippen molar-refractivity contribution in [2.75, 3.05) is 52.5 Å². The number of nitrogens with zero attached hydrogens (tertiary/aromatic N) is 5. The van der Waals surface area contributed by atoms with Gasteiger partial charge in [0.1, 0.15) is 24.6 Å². The van der Waals surface area contributed by atoms with Crippen molar-refractivity contribution in [3.8, 4) is 0 Å². The largest absolute Gasteiger partial charge is 0.362 e. The maximum absolute atomic E-state index is 12.2. The predicted octanol–water partition coefficient (Wildman–Crippen LogP) is -0.0928. The molecule has 9 heteroatoms. The van der Waals surface area contributed by atoms with Crippen molar-refractivity contribution in [2.24, 2.45) is 0 Å². The molecule has 0 N–H and O–H groups in total. The quantitative estimate of drug-likeness (QED) is 0.645. The summed E-state index contributed by atoms with van der Waals surface area (Å²) in [6.45, 7) is 10.4. The molecule has 2 rings (SSSR count). The summed E-state index contributed by atoms with van der Waals surface area (Å²) in [6.07, 6.45) is 0. The first-order chi connectivity index (χ1) is 12.0. The smallest absolute Gasteiger partial charge is 0.248 e. The lowest BCUT2D eigenvalue weighted by Crippen LogP contribution is -2.49. The predicted molar refractivity (Wildman–Crippen MR) is 89.6 cm³/mol. The molecule has 0 atom stereocenters. The van der Waals surface area contributed by atoms with Crippen LogP contribution in [0.5, 0.6) is 0 Å². The van der Waals surface area contributed by atoms with E-state index in [-0.39, 0.29) is 25.0 Å². The zero-order chi connectivity index (χ0) is 18.2. The minimum Gasteiger partial charge on any atom is -0.362 e. The maximum Gasteiger partial charge on any atom is 0.248 e. The molecule has 1 fully saturated rings. The summed E-state index contributed by atoms with van der Waals surface area (Å²) in [5.74, 6) is -0.162. The van der Waals surface area contributed by atoms with Crippen LogP contribution in [-0.2, 0) is 20.9 Å². The number of aryl methyl sites for hydroxylation is 1. The fourth-order valence-corrected chi connectivity index (χ4v) is 2.74. The summed E-state index contributed by atoms with van der Waals surface area (Å²) in [5.41, 5.74) is 1.63. The van der Waals surface area contributed by atoms with Gasteiger partial charge in [0.05, 0.1) is 0 Å². The molecule has 1 aromatic heterocycles. The summed E-state index contributed by atoms with van der Waals surface area (Å²) in [7, 11) is 0. The molecule has 1 aliphatic rings. The number of ether oxygens (including phenoxy) is 1. The molecule has 2 heterocycles. The van der Waals surface area contributed by atoms with Gasteiger partial charge < -0.3 is 14.5 Å². The number of carbonyl (C=O) groups excluding carboxylic acids is 2. The third-order valence-electron chi connectivity index (χ3n) is 4.41. The molecule has 0 aliphatic carbocycles. The van der Waals surface area contributed by atoms with E-state index >= 15 is 0 Å². The average Bonchev–Trinajstić information content (AvgIpc) is 3.01. The summed E-state index contributed by atoms with van der Waals surface area (Å²) in [4.78, 5) is 29.7. The average molecular weight is 353 g/mol. The lowest BCUT2D eigenvalue weighted by atomic mass is 10.2. The molecule has 0 radical (unpaired) electrons. The Kier molecular flexibility index (Phi) is 7.32. The zero-order valence-electron chi connectivity index (χ0n) is 15.2. The van der Waals surface area contributed by atoms with Crippen LogP contribution in [0.25, 0.3) is 0 Å². The van der Waals surface area contributed by atoms with Crippen molar-refractivity contribution in [1.29, 1.82) is 0 Å². The normalized spacial score (nSPS) is 15.4. The monoisotopic (exact) mass is 353 g/mol. The number of rotatable bonds is 8. The Balaban J connectivity index is 1.67. The van der Waals surface area contributed by atoms with Gasteiger partial charge >= 0.3 is 0 Å². The number of aromatic nitrogens is 2. The van der Waals surface area contributed by atoms with Gasteiger partial charge in [-0.1, -0.05) is 10.3 Å². The minimum atomic E-state index is -0.0841. The van der Waals surface area contributed by atoms with Crippen molar-refractivity contribution in [2.45, 2.75) is 27.3 Å². The van der Waals surface area contributed by atoms with Gasteiger partial charge in [-0.05, 0) is 20.8 Å². The number of hydrogen-bond acceptors (Lipinski definition) is 7. The molecule has 2 amide bonds. The molecule has 1 saturated heterocycles. The molecule has 9 nitrogen and oxygen atoms in total. The molecule has 0 aromatic carbocycles. The van der Waals surface area contributed by atoms with E-state index in [4.69, 9.17) is 9.37 Å². The first-order valence-corrected chi connectivity index (χ1v) is 8.68. The van der Waals surface area contributed by atoms with Crippen LogP contribution in [0.4, 0.5) is 0 Å².